The van der Waals surface area contributed by atoms with Gasteiger partial charge in [-0.15, -0.1) is 13.2 Å². The maximum Gasteiger partial charge on any atom is 0.573 e. The lowest BCUT2D eigenvalue weighted by molar-refractivity contribution is -0.274. The maximum absolute atomic E-state index is 12.6. The molecule has 1 heterocycles. The molecule has 0 N–H and O–H groups in total. The average Bonchev–Trinajstić information content (AvgIpc) is 2.24. The Bertz CT molecular complexity index is 530. The minimum Gasteiger partial charge on any atom is -0.403 e. The summed E-state index contributed by atoms with van der Waals surface area (Å²) in [5.74, 6) is -1.19. The third-order valence-corrected chi connectivity index (χ3v) is 2.67. The van der Waals surface area contributed by atoms with E-state index in [1.165, 1.54) is 0 Å². The Morgan fingerprint density at radius 2 is 1.85 bits per heavy atom. The molecule has 3 nitrogen and oxygen atoms in total. The lowest BCUT2D eigenvalue weighted by Crippen LogP contribution is -2.21. The molecule has 0 fully saturated rings. The van der Waals surface area contributed by atoms with Gasteiger partial charge in [0.05, 0.1) is 0 Å². The van der Waals surface area contributed by atoms with Gasteiger partial charge in [-0.2, -0.15) is 13.2 Å². The number of ether oxygens (including phenoxy) is 1. The van der Waals surface area contributed by atoms with Crippen LogP contribution in [0.25, 0.3) is 0 Å². The van der Waals surface area contributed by atoms with Gasteiger partial charge in [0.2, 0.25) is 0 Å². The summed E-state index contributed by atoms with van der Waals surface area (Å²) in [6.45, 7) is 0. The minimum absolute atomic E-state index is 0.410. The summed E-state index contributed by atoms with van der Waals surface area (Å²) in [6.07, 6.45) is -10.2. The second-order valence-electron chi connectivity index (χ2n) is 3.30. The third-order valence-electron chi connectivity index (χ3n) is 1.89. The van der Waals surface area contributed by atoms with Crippen molar-refractivity contribution in [1.29, 1.82) is 0 Å². The van der Waals surface area contributed by atoms with Gasteiger partial charge in [0.15, 0.2) is 11.4 Å². The van der Waals surface area contributed by atoms with Crippen molar-refractivity contribution in [3.05, 3.63) is 23.0 Å². The number of halogens is 8. The first-order valence-electron chi connectivity index (χ1n) is 4.58. The van der Waals surface area contributed by atoms with Crippen LogP contribution in [-0.4, -0.2) is 16.6 Å². The summed E-state index contributed by atoms with van der Waals surface area (Å²) in [7, 11) is 0. The second kappa shape index (κ2) is 5.76. The summed E-state index contributed by atoms with van der Waals surface area (Å²) in [5, 5.41) is -2.05. The predicted octanol–water partition coefficient (Wildman–Crippen LogP) is 4.27. The third kappa shape index (κ3) is 4.23. The Morgan fingerprint density at radius 3 is 2.20 bits per heavy atom. The standard InChI is InChI=1S/C9H3BrClF6NO2/c10-2-3-1-4(20-9(15,16)17)5(7(11)19)18-6(3)8(12,13)14/h1H,2H2. The molecule has 0 saturated heterocycles. The van der Waals surface area contributed by atoms with Crippen molar-refractivity contribution >= 4 is 32.8 Å². The number of pyridine rings is 1. The van der Waals surface area contributed by atoms with E-state index >= 15 is 0 Å². The quantitative estimate of drug-likeness (QED) is 0.442. The fourth-order valence-electron chi connectivity index (χ4n) is 1.22. The smallest absolute Gasteiger partial charge is 0.403 e. The Hall–Kier alpha value is -1.03. The molecule has 0 spiro atoms. The zero-order chi connectivity index (χ0) is 15.7. The molecule has 0 aromatic carbocycles. The van der Waals surface area contributed by atoms with Gasteiger partial charge in [-0.1, -0.05) is 15.9 Å². The van der Waals surface area contributed by atoms with Crippen LogP contribution in [0, 0.1) is 0 Å². The predicted molar refractivity (Wildman–Crippen MR) is 58.7 cm³/mol. The summed E-state index contributed by atoms with van der Waals surface area (Å²) < 4.78 is 77.7. The van der Waals surface area contributed by atoms with Gasteiger partial charge < -0.3 is 4.74 Å². The van der Waals surface area contributed by atoms with E-state index in [1.54, 1.807) is 0 Å². The number of carbonyl (C=O) groups excluding carboxylic acids is 1. The van der Waals surface area contributed by atoms with E-state index in [1.807, 2.05) is 0 Å². The molecule has 112 valence electrons. The Labute approximate surface area is 121 Å². The van der Waals surface area contributed by atoms with Crippen LogP contribution in [0.5, 0.6) is 5.75 Å². The zero-order valence-electron chi connectivity index (χ0n) is 9.07. The van der Waals surface area contributed by atoms with Gasteiger partial charge in [0.1, 0.15) is 5.69 Å². The molecule has 0 aliphatic heterocycles. The van der Waals surface area contributed by atoms with Crippen molar-refractivity contribution in [3.63, 3.8) is 0 Å². The van der Waals surface area contributed by atoms with Crippen LogP contribution in [0.15, 0.2) is 6.07 Å². The van der Waals surface area contributed by atoms with Crippen molar-refractivity contribution in [2.75, 3.05) is 0 Å². The molecule has 1 aromatic heterocycles. The molecule has 11 heteroatoms. The van der Waals surface area contributed by atoms with E-state index in [9.17, 15) is 31.1 Å². The second-order valence-corrected chi connectivity index (χ2v) is 4.20. The average molecular weight is 386 g/mol. The molecule has 0 amide bonds. The van der Waals surface area contributed by atoms with E-state index in [2.05, 4.69) is 25.7 Å². The molecular formula is C9H3BrClF6NO2. The number of hydrogen-bond donors (Lipinski definition) is 0. The van der Waals surface area contributed by atoms with Crippen LogP contribution in [0.1, 0.15) is 21.7 Å². The highest BCUT2D eigenvalue weighted by atomic mass is 79.9. The van der Waals surface area contributed by atoms with Gasteiger partial charge in [-0.25, -0.2) is 4.98 Å². The molecule has 0 radical (unpaired) electrons. The highest BCUT2D eigenvalue weighted by Crippen LogP contribution is 2.36. The van der Waals surface area contributed by atoms with Crippen molar-refractivity contribution in [2.24, 2.45) is 0 Å². The molecule has 0 unspecified atom stereocenters. The zero-order valence-corrected chi connectivity index (χ0v) is 11.4. The number of hydrogen-bond acceptors (Lipinski definition) is 3. The largest absolute Gasteiger partial charge is 0.573 e. The lowest BCUT2D eigenvalue weighted by Gasteiger charge is -2.15. The summed E-state index contributed by atoms with van der Waals surface area (Å²) in [5.41, 5.74) is -3.41. The van der Waals surface area contributed by atoms with Crippen LogP contribution >= 0.6 is 27.5 Å². The van der Waals surface area contributed by atoms with E-state index in [-0.39, 0.29) is 0 Å². The van der Waals surface area contributed by atoms with Crippen LogP contribution in [0.4, 0.5) is 26.3 Å². The number of carbonyl (C=O) groups is 1. The summed E-state index contributed by atoms with van der Waals surface area (Å²) >= 11 is 7.61. The van der Waals surface area contributed by atoms with E-state index in [4.69, 9.17) is 11.6 Å². The van der Waals surface area contributed by atoms with Crippen LogP contribution in [0.3, 0.4) is 0 Å². The van der Waals surface area contributed by atoms with Gasteiger partial charge in [0, 0.05) is 5.33 Å². The molecule has 0 aliphatic carbocycles. The molecule has 0 atom stereocenters. The SMILES string of the molecule is O=C(Cl)c1nc(C(F)(F)F)c(CBr)cc1OC(F)(F)F. The molecule has 20 heavy (non-hydrogen) atoms. The Balaban J connectivity index is 3.50. The van der Waals surface area contributed by atoms with Crippen LogP contribution in [0.2, 0.25) is 0 Å². The fraction of sp³-hybridized carbons (Fsp3) is 0.333. The minimum atomic E-state index is -5.20. The normalized spacial score (nSPS) is 12.4. The topological polar surface area (TPSA) is 39.2 Å². The lowest BCUT2D eigenvalue weighted by atomic mass is 10.1. The first-order chi connectivity index (χ1) is 8.95. The Kier molecular flexibility index (Phi) is 4.90. The van der Waals surface area contributed by atoms with Crippen molar-refractivity contribution in [2.45, 2.75) is 17.9 Å². The summed E-state index contributed by atoms with van der Waals surface area (Å²) in [6, 6.07) is 0.410. The van der Waals surface area contributed by atoms with Gasteiger partial charge in [-0.05, 0) is 23.2 Å². The van der Waals surface area contributed by atoms with Gasteiger partial charge >= 0.3 is 12.5 Å². The fourth-order valence-corrected chi connectivity index (χ4v) is 1.79. The molecule has 0 saturated carbocycles. The maximum atomic E-state index is 12.6. The molecular weight excluding hydrogens is 383 g/mol. The molecule has 0 bridgehead atoms. The van der Waals surface area contributed by atoms with E-state index in [0.29, 0.717) is 6.07 Å². The van der Waals surface area contributed by atoms with Crippen LogP contribution in [-0.2, 0) is 11.5 Å². The molecule has 1 rings (SSSR count). The first kappa shape index (κ1) is 17.0. The van der Waals surface area contributed by atoms with Gasteiger partial charge in [-0.3, -0.25) is 4.79 Å². The number of aromatic nitrogens is 1. The highest BCUT2D eigenvalue weighted by molar-refractivity contribution is 9.08. The highest BCUT2D eigenvalue weighted by Gasteiger charge is 2.39. The molecule has 1 aromatic rings. The molecule has 0 aliphatic rings. The van der Waals surface area contributed by atoms with E-state index < -0.39 is 45.8 Å². The Morgan fingerprint density at radius 1 is 1.30 bits per heavy atom. The summed E-state index contributed by atoms with van der Waals surface area (Å²) in [4.78, 5) is 13.7. The van der Waals surface area contributed by atoms with E-state index in [0.717, 1.165) is 0 Å². The number of nitrogens with zero attached hydrogens (tertiary/aromatic N) is 1. The van der Waals surface area contributed by atoms with Crippen LogP contribution < -0.4 is 4.74 Å². The number of alkyl halides is 7. The monoisotopic (exact) mass is 385 g/mol. The van der Waals surface area contributed by atoms with Crippen molar-refractivity contribution in [3.8, 4) is 5.75 Å². The van der Waals surface area contributed by atoms with Gasteiger partial charge in [0.25, 0.3) is 5.24 Å². The van der Waals surface area contributed by atoms with Crippen molar-refractivity contribution < 1.29 is 35.9 Å². The van der Waals surface area contributed by atoms with Crippen molar-refractivity contribution in [1.82, 2.24) is 4.98 Å². The first-order valence-corrected chi connectivity index (χ1v) is 6.08. The number of rotatable bonds is 3.